The van der Waals surface area contributed by atoms with Crippen molar-refractivity contribution in [3.8, 4) is 0 Å². The average Bonchev–Trinajstić information content (AvgIpc) is 2.38. The molecular weight excluding hydrogens is 252 g/mol. The molecule has 110 valence electrons. The van der Waals surface area contributed by atoms with Crippen LogP contribution in [0.4, 0.5) is 0 Å². The van der Waals surface area contributed by atoms with Crippen LogP contribution in [0.3, 0.4) is 0 Å². The van der Waals surface area contributed by atoms with Gasteiger partial charge in [-0.3, -0.25) is 9.59 Å². The highest BCUT2D eigenvalue weighted by atomic mass is 16.2. The van der Waals surface area contributed by atoms with E-state index in [-0.39, 0.29) is 18.4 Å². The first-order chi connectivity index (χ1) is 9.40. The van der Waals surface area contributed by atoms with Crippen LogP contribution in [0.1, 0.15) is 26.3 Å². The van der Waals surface area contributed by atoms with Crippen LogP contribution >= 0.6 is 0 Å². The second-order valence-electron chi connectivity index (χ2n) is 5.53. The monoisotopic (exact) mass is 276 g/mol. The molecule has 20 heavy (non-hydrogen) atoms. The van der Waals surface area contributed by atoms with E-state index in [1.54, 1.807) is 16.8 Å². The number of benzene rings is 1. The number of hydrogen-bond donors (Lipinski definition) is 0. The van der Waals surface area contributed by atoms with Gasteiger partial charge >= 0.3 is 0 Å². The first-order valence-corrected chi connectivity index (χ1v) is 6.93. The third-order valence-electron chi connectivity index (χ3n) is 3.05. The van der Waals surface area contributed by atoms with Gasteiger partial charge in [-0.1, -0.05) is 44.2 Å². The maximum absolute atomic E-state index is 12.2. The predicted molar refractivity (Wildman–Crippen MR) is 80.0 cm³/mol. The smallest absolute Gasteiger partial charge is 0.242 e. The molecule has 4 heteroatoms. The summed E-state index contributed by atoms with van der Waals surface area (Å²) in [4.78, 5) is 27.0. The van der Waals surface area contributed by atoms with Gasteiger partial charge in [0.15, 0.2) is 0 Å². The molecule has 4 nitrogen and oxygen atoms in total. The van der Waals surface area contributed by atoms with E-state index in [4.69, 9.17) is 0 Å². The molecule has 0 aliphatic rings. The van der Waals surface area contributed by atoms with Crippen molar-refractivity contribution in [2.24, 2.45) is 5.92 Å². The second-order valence-corrected chi connectivity index (χ2v) is 5.53. The highest BCUT2D eigenvalue weighted by molar-refractivity contribution is 5.83. The molecule has 0 saturated heterocycles. The Morgan fingerprint density at radius 2 is 1.75 bits per heavy atom. The zero-order valence-corrected chi connectivity index (χ0v) is 12.8. The number of carbonyl (C=O) groups excluding carboxylic acids is 2. The Hall–Kier alpha value is -1.84. The molecule has 0 aromatic heterocycles. The van der Waals surface area contributed by atoms with Crippen LogP contribution in [-0.4, -0.2) is 41.8 Å². The van der Waals surface area contributed by atoms with E-state index < -0.39 is 0 Å². The average molecular weight is 276 g/mol. The van der Waals surface area contributed by atoms with E-state index in [1.165, 1.54) is 6.92 Å². The van der Waals surface area contributed by atoms with E-state index in [9.17, 15) is 9.59 Å². The zero-order chi connectivity index (χ0) is 15.1. The van der Waals surface area contributed by atoms with Crippen LogP contribution in [0.15, 0.2) is 30.3 Å². The van der Waals surface area contributed by atoms with Crippen LogP contribution in [0.5, 0.6) is 0 Å². The van der Waals surface area contributed by atoms with Gasteiger partial charge in [-0.15, -0.1) is 0 Å². The highest BCUT2D eigenvalue weighted by Crippen LogP contribution is 2.05. The quantitative estimate of drug-likeness (QED) is 0.799. The minimum atomic E-state index is -0.0554. The Bertz CT molecular complexity index is 443. The summed E-state index contributed by atoms with van der Waals surface area (Å²) in [5.74, 6) is 0.260. The summed E-state index contributed by atoms with van der Waals surface area (Å²) >= 11 is 0. The van der Waals surface area contributed by atoms with Crippen molar-refractivity contribution in [1.82, 2.24) is 9.80 Å². The minimum absolute atomic E-state index is 0.0373. The predicted octanol–water partition coefficient (Wildman–Crippen LogP) is 2.15. The van der Waals surface area contributed by atoms with Crippen LogP contribution in [0.2, 0.25) is 0 Å². The van der Waals surface area contributed by atoms with Gasteiger partial charge in [0.1, 0.15) is 0 Å². The molecule has 0 atom stereocenters. The van der Waals surface area contributed by atoms with Gasteiger partial charge < -0.3 is 9.80 Å². The number of hydrogen-bond acceptors (Lipinski definition) is 2. The molecule has 0 radical (unpaired) electrons. The third-order valence-corrected chi connectivity index (χ3v) is 3.05. The molecule has 0 heterocycles. The molecule has 0 aliphatic heterocycles. The fraction of sp³-hybridized carbons (Fsp3) is 0.500. The Morgan fingerprint density at radius 1 is 1.15 bits per heavy atom. The topological polar surface area (TPSA) is 40.6 Å². The molecule has 1 rings (SSSR count). The molecule has 0 saturated carbocycles. The third kappa shape index (κ3) is 5.43. The van der Waals surface area contributed by atoms with E-state index in [1.807, 2.05) is 44.2 Å². The van der Waals surface area contributed by atoms with Crippen molar-refractivity contribution < 1.29 is 9.59 Å². The molecule has 2 amide bonds. The van der Waals surface area contributed by atoms with Crippen molar-refractivity contribution in [1.29, 1.82) is 0 Å². The van der Waals surface area contributed by atoms with Gasteiger partial charge in [-0.2, -0.15) is 0 Å². The molecule has 0 aliphatic carbocycles. The summed E-state index contributed by atoms with van der Waals surface area (Å²) in [7, 11) is 1.77. The molecule has 0 unspecified atom stereocenters. The van der Waals surface area contributed by atoms with Gasteiger partial charge in [0.2, 0.25) is 11.8 Å². The maximum atomic E-state index is 12.2. The van der Waals surface area contributed by atoms with Crippen molar-refractivity contribution in [2.45, 2.75) is 27.3 Å². The number of rotatable bonds is 6. The molecule has 1 aromatic carbocycles. The summed E-state index contributed by atoms with van der Waals surface area (Å²) in [5.41, 5.74) is 1.08. The van der Waals surface area contributed by atoms with Crippen molar-refractivity contribution in [3.05, 3.63) is 35.9 Å². The fourth-order valence-corrected chi connectivity index (χ4v) is 1.97. The van der Waals surface area contributed by atoms with E-state index in [2.05, 4.69) is 0 Å². The van der Waals surface area contributed by atoms with Gasteiger partial charge in [0.25, 0.3) is 0 Å². The standard InChI is InChI=1S/C16H24N2O2/c1-13(2)10-18(14(3)19)12-16(20)17(4)11-15-8-6-5-7-9-15/h5-9,13H,10-12H2,1-4H3. The Morgan fingerprint density at radius 3 is 2.25 bits per heavy atom. The highest BCUT2D eigenvalue weighted by Gasteiger charge is 2.17. The Labute approximate surface area is 121 Å². The number of amides is 2. The number of nitrogens with zero attached hydrogens (tertiary/aromatic N) is 2. The fourth-order valence-electron chi connectivity index (χ4n) is 1.97. The number of carbonyl (C=O) groups is 2. The van der Waals surface area contributed by atoms with Crippen LogP contribution in [0, 0.1) is 5.92 Å². The Kier molecular flexibility index (Phi) is 6.22. The van der Waals surface area contributed by atoms with E-state index in [0.29, 0.717) is 19.0 Å². The van der Waals surface area contributed by atoms with Crippen molar-refractivity contribution in [2.75, 3.05) is 20.1 Å². The van der Waals surface area contributed by atoms with Crippen LogP contribution < -0.4 is 0 Å². The van der Waals surface area contributed by atoms with Crippen LogP contribution in [-0.2, 0) is 16.1 Å². The lowest BCUT2D eigenvalue weighted by Gasteiger charge is -2.25. The van der Waals surface area contributed by atoms with Gasteiger partial charge in [-0.05, 0) is 11.5 Å². The summed E-state index contributed by atoms with van der Waals surface area (Å²) in [5, 5.41) is 0. The van der Waals surface area contributed by atoms with E-state index in [0.717, 1.165) is 5.56 Å². The first kappa shape index (κ1) is 16.2. The lowest BCUT2D eigenvalue weighted by molar-refractivity contribution is -0.139. The van der Waals surface area contributed by atoms with E-state index >= 15 is 0 Å². The SMILES string of the molecule is CC(=O)N(CC(=O)N(C)Cc1ccccc1)CC(C)C. The molecule has 0 fully saturated rings. The van der Waals surface area contributed by atoms with Gasteiger partial charge in [0, 0.05) is 27.1 Å². The lowest BCUT2D eigenvalue weighted by atomic mass is 10.2. The Balaban J connectivity index is 2.57. The molecule has 0 spiro atoms. The number of likely N-dealkylation sites (N-methyl/N-ethyl adjacent to an activating group) is 1. The van der Waals surface area contributed by atoms with Gasteiger partial charge in [-0.25, -0.2) is 0 Å². The summed E-state index contributed by atoms with van der Waals surface area (Å²) in [6, 6.07) is 9.83. The minimum Gasteiger partial charge on any atom is -0.340 e. The second kappa shape index (κ2) is 7.68. The maximum Gasteiger partial charge on any atom is 0.242 e. The lowest BCUT2D eigenvalue weighted by Crippen LogP contribution is -2.41. The van der Waals surface area contributed by atoms with Gasteiger partial charge in [0.05, 0.1) is 6.54 Å². The molecular formula is C16H24N2O2. The molecule has 0 bridgehead atoms. The molecule has 1 aromatic rings. The normalized spacial score (nSPS) is 10.4. The molecule has 0 N–H and O–H groups in total. The summed E-state index contributed by atoms with van der Waals surface area (Å²) in [6.45, 7) is 6.90. The summed E-state index contributed by atoms with van der Waals surface area (Å²) < 4.78 is 0. The van der Waals surface area contributed by atoms with Crippen molar-refractivity contribution >= 4 is 11.8 Å². The largest absolute Gasteiger partial charge is 0.340 e. The summed E-state index contributed by atoms with van der Waals surface area (Å²) in [6.07, 6.45) is 0. The van der Waals surface area contributed by atoms with Crippen LogP contribution in [0.25, 0.3) is 0 Å². The zero-order valence-electron chi connectivity index (χ0n) is 12.8. The van der Waals surface area contributed by atoms with Crippen molar-refractivity contribution in [3.63, 3.8) is 0 Å². The first-order valence-electron chi connectivity index (χ1n) is 6.93.